The van der Waals surface area contributed by atoms with Crippen LogP contribution in [-0.4, -0.2) is 21.9 Å². The van der Waals surface area contributed by atoms with Crippen molar-refractivity contribution in [3.63, 3.8) is 0 Å². The zero-order chi connectivity index (χ0) is 19.1. The monoisotopic (exact) mass is 420 g/mol. The Morgan fingerprint density at radius 2 is 1.88 bits per heavy atom. The summed E-state index contributed by atoms with van der Waals surface area (Å²) in [5, 5.41) is 22.5. The van der Waals surface area contributed by atoms with Gasteiger partial charge >= 0.3 is 5.97 Å². The number of halogens is 1. The molecule has 0 heterocycles. The topological polar surface area (TPSA) is 110 Å². The van der Waals surface area contributed by atoms with Gasteiger partial charge in [0.2, 0.25) is 5.91 Å². The van der Waals surface area contributed by atoms with Crippen LogP contribution in [0.2, 0.25) is 0 Å². The Hall–Kier alpha value is -2.74. The molecule has 0 saturated heterocycles. The van der Waals surface area contributed by atoms with Crippen LogP contribution in [0.3, 0.4) is 0 Å². The first kappa shape index (κ1) is 19.6. The minimum atomic E-state index is -1.22. The second-order valence-corrected chi connectivity index (χ2v) is 6.50. The summed E-state index contributed by atoms with van der Waals surface area (Å²) in [7, 11) is 0. The number of nitro benzene ring substituents is 1. The molecule has 7 nitrogen and oxygen atoms in total. The summed E-state index contributed by atoms with van der Waals surface area (Å²) in [4.78, 5) is 33.4. The maximum absolute atomic E-state index is 12.1. The molecule has 0 radical (unpaired) electrons. The van der Waals surface area contributed by atoms with E-state index in [1.54, 1.807) is 0 Å². The largest absolute Gasteiger partial charge is 0.478 e. The summed E-state index contributed by atoms with van der Waals surface area (Å²) in [6, 6.07) is 11.1. The van der Waals surface area contributed by atoms with Crippen molar-refractivity contribution in [1.82, 2.24) is 0 Å². The highest BCUT2D eigenvalue weighted by atomic mass is 79.9. The van der Waals surface area contributed by atoms with E-state index >= 15 is 0 Å². The minimum absolute atomic E-state index is 0.106. The Kier molecular flexibility index (Phi) is 6.85. The molecule has 2 aromatic carbocycles. The number of carbonyl (C=O) groups excluding carboxylic acids is 1. The molecule has 0 aliphatic heterocycles. The van der Waals surface area contributed by atoms with Gasteiger partial charge < -0.3 is 10.4 Å². The Balaban J connectivity index is 1.93. The Labute approximate surface area is 158 Å². The third-order valence-corrected chi connectivity index (χ3v) is 4.55. The molecule has 0 bridgehead atoms. The van der Waals surface area contributed by atoms with E-state index in [1.165, 1.54) is 0 Å². The fourth-order valence-electron chi connectivity index (χ4n) is 2.44. The zero-order valence-electron chi connectivity index (χ0n) is 13.8. The van der Waals surface area contributed by atoms with E-state index in [9.17, 15) is 19.7 Å². The number of carboxylic acid groups (broad SMARTS) is 1. The van der Waals surface area contributed by atoms with Gasteiger partial charge in [0, 0.05) is 17.0 Å². The zero-order valence-corrected chi connectivity index (χ0v) is 15.4. The van der Waals surface area contributed by atoms with E-state index in [0.717, 1.165) is 41.1 Å². The summed E-state index contributed by atoms with van der Waals surface area (Å²) in [5.74, 6) is -1.60. The number of hydrogen-bond donors (Lipinski definition) is 2. The van der Waals surface area contributed by atoms with Crippen LogP contribution >= 0.6 is 15.9 Å². The van der Waals surface area contributed by atoms with Gasteiger partial charge in [-0.3, -0.25) is 14.9 Å². The average molecular weight is 421 g/mol. The molecule has 2 aromatic rings. The molecule has 26 heavy (non-hydrogen) atoms. The summed E-state index contributed by atoms with van der Waals surface area (Å²) >= 11 is 3.47. The van der Waals surface area contributed by atoms with Crippen molar-refractivity contribution < 1.29 is 19.6 Å². The van der Waals surface area contributed by atoms with E-state index in [4.69, 9.17) is 5.11 Å². The number of carboxylic acids is 1. The highest BCUT2D eigenvalue weighted by Crippen LogP contribution is 2.26. The molecule has 0 aromatic heterocycles. The van der Waals surface area contributed by atoms with E-state index in [-0.39, 0.29) is 29.3 Å². The lowest BCUT2D eigenvalue weighted by molar-refractivity contribution is -0.383. The standard InChI is InChI=1S/C18H17BrN2O5/c19-14-7-3-1-5-12(14)6-2-4-8-17(22)20-15-11-13(18(23)24)9-10-16(15)21(25)26/h1,3,5,7,9-11H,2,4,6,8H2,(H,20,22)(H,23,24). The Morgan fingerprint density at radius 3 is 2.54 bits per heavy atom. The smallest absolute Gasteiger partial charge is 0.335 e. The van der Waals surface area contributed by atoms with Crippen molar-refractivity contribution in [3.05, 3.63) is 68.2 Å². The number of nitro groups is 1. The molecule has 0 spiro atoms. The maximum Gasteiger partial charge on any atom is 0.335 e. The SMILES string of the molecule is O=C(CCCCc1ccccc1Br)Nc1cc(C(=O)O)ccc1[N+](=O)[O-]. The number of aromatic carboxylic acids is 1. The minimum Gasteiger partial charge on any atom is -0.478 e. The van der Waals surface area contributed by atoms with Gasteiger partial charge in [0.15, 0.2) is 0 Å². The lowest BCUT2D eigenvalue weighted by Gasteiger charge is -2.08. The predicted molar refractivity (Wildman–Crippen MR) is 100 cm³/mol. The molecular formula is C18H17BrN2O5. The molecule has 0 saturated carbocycles. The summed E-state index contributed by atoms with van der Waals surface area (Å²) < 4.78 is 1.02. The van der Waals surface area contributed by atoms with Crippen LogP contribution in [0.4, 0.5) is 11.4 Å². The van der Waals surface area contributed by atoms with Crippen LogP contribution in [0.1, 0.15) is 35.2 Å². The third kappa shape index (κ3) is 5.38. The molecule has 1 amide bonds. The molecule has 0 aliphatic carbocycles. The van der Waals surface area contributed by atoms with Crippen molar-refractivity contribution in [2.75, 3.05) is 5.32 Å². The van der Waals surface area contributed by atoms with Gasteiger partial charge in [-0.1, -0.05) is 34.1 Å². The number of unbranched alkanes of at least 4 members (excludes halogenated alkanes) is 1. The predicted octanol–water partition coefficient (Wildman–Crippen LogP) is 4.41. The number of amides is 1. The Morgan fingerprint density at radius 1 is 1.15 bits per heavy atom. The first-order chi connectivity index (χ1) is 12.4. The fourth-order valence-corrected chi connectivity index (χ4v) is 2.93. The molecule has 8 heteroatoms. The number of anilines is 1. The first-order valence-electron chi connectivity index (χ1n) is 7.93. The highest BCUT2D eigenvalue weighted by molar-refractivity contribution is 9.10. The van der Waals surface area contributed by atoms with Crippen LogP contribution in [0.15, 0.2) is 46.9 Å². The average Bonchev–Trinajstić information content (AvgIpc) is 2.59. The normalized spacial score (nSPS) is 10.3. The molecule has 2 N–H and O–H groups in total. The van der Waals surface area contributed by atoms with Gasteiger partial charge in [0.05, 0.1) is 10.5 Å². The van der Waals surface area contributed by atoms with Crippen LogP contribution in [0.25, 0.3) is 0 Å². The van der Waals surface area contributed by atoms with Gasteiger partial charge in [0.1, 0.15) is 5.69 Å². The lowest BCUT2D eigenvalue weighted by atomic mass is 10.1. The molecule has 136 valence electrons. The van der Waals surface area contributed by atoms with Crippen LogP contribution in [0.5, 0.6) is 0 Å². The summed E-state index contributed by atoms with van der Waals surface area (Å²) in [6.45, 7) is 0. The van der Waals surface area contributed by atoms with Gasteiger partial charge in [-0.25, -0.2) is 4.79 Å². The second kappa shape index (κ2) is 9.10. The first-order valence-corrected chi connectivity index (χ1v) is 8.73. The third-order valence-electron chi connectivity index (χ3n) is 3.77. The highest BCUT2D eigenvalue weighted by Gasteiger charge is 2.18. The van der Waals surface area contributed by atoms with Crippen molar-refractivity contribution >= 4 is 39.2 Å². The number of aryl methyl sites for hydroxylation is 1. The van der Waals surface area contributed by atoms with E-state index in [1.807, 2.05) is 24.3 Å². The van der Waals surface area contributed by atoms with Crippen LogP contribution in [-0.2, 0) is 11.2 Å². The van der Waals surface area contributed by atoms with E-state index in [2.05, 4.69) is 21.2 Å². The van der Waals surface area contributed by atoms with Crippen LogP contribution < -0.4 is 5.32 Å². The van der Waals surface area contributed by atoms with Crippen LogP contribution in [0, 0.1) is 10.1 Å². The van der Waals surface area contributed by atoms with Gasteiger partial charge in [0.25, 0.3) is 5.69 Å². The van der Waals surface area contributed by atoms with Crippen molar-refractivity contribution in [2.24, 2.45) is 0 Å². The molecular weight excluding hydrogens is 404 g/mol. The molecule has 0 aliphatic rings. The van der Waals surface area contributed by atoms with Gasteiger partial charge in [-0.05, 0) is 43.0 Å². The number of hydrogen-bond acceptors (Lipinski definition) is 4. The number of benzene rings is 2. The second-order valence-electron chi connectivity index (χ2n) is 5.64. The number of nitrogens with one attached hydrogen (secondary N) is 1. The maximum atomic E-state index is 12.1. The van der Waals surface area contributed by atoms with Gasteiger partial charge in [-0.2, -0.15) is 0 Å². The van der Waals surface area contributed by atoms with Gasteiger partial charge in [-0.15, -0.1) is 0 Å². The quantitative estimate of drug-likeness (QED) is 0.373. The summed E-state index contributed by atoms with van der Waals surface area (Å²) in [5.41, 5.74) is 0.583. The molecule has 0 atom stereocenters. The molecule has 0 unspecified atom stereocenters. The van der Waals surface area contributed by atoms with E-state index in [0.29, 0.717) is 6.42 Å². The molecule has 0 fully saturated rings. The Bertz CT molecular complexity index is 838. The summed E-state index contributed by atoms with van der Waals surface area (Å²) in [6.07, 6.45) is 2.40. The number of carbonyl (C=O) groups is 2. The molecule has 2 rings (SSSR count). The van der Waals surface area contributed by atoms with Crippen molar-refractivity contribution in [1.29, 1.82) is 0 Å². The van der Waals surface area contributed by atoms with Crippen molar-refractivity contribution in [3.8, 4) is 0 Å². The fraction of sp³-hybridized carbons (Fsp3) is 0.222. The van der Waals surface area contributed by atoms with Crippen molar-refractivity contribution in [2.45, 2.75) is 25.7 Å². The number of rotatable bonds is 8. The number of nitrogens with zero attached hydrogens (tertiary/aromatic N) is 1. The lowest BCUT2D eigenvalue weighted by Crippen LogP contribution is -2.13. The van der Waals surface area contributed by atoms with E-state index < -0.39 is 10.9 Å².